The van der Waals surface area contributed by atoms with Crippen LogP contribution in [-0.4, -0.2) is 13.0 Å². The molecule has 144 valence electrons. The summed E-state index contributed by atoms with van der Waals surface area (Å²) >= 11 is 7.45. The largest absolute Gasteiger partial charge is 0.320 e. The standard InChI is InChI=1S/C18H18ClN3O2S2.ClH/c1-11-5-4-6-15(12(11)2)21-18-22(3)16(10-25-18)13-7-8-14(19)17(9-13)26(20,23)24;/h4-10H,1-3H3,(H2,20,23,24);1H. The third-order valence-electron chi connectivity index (χ3n) is 4.25. The van der Waals surface area contributed by atoms with E-state index in [1.165, 1.54) is 29.0 Å². The number of primary sulfonamides is 1. The highest BCUT2D eigenvalue weighted by Gasteiger charge is 2.15. The van der Waals surface area contributed by atoms with Crippen LogP contribution in [0.2, 0.25) is 5.02 Å². The Morgan fingerprint density at radius 1 is 1.19 bits per heavy atom. The normalized spacial score (nSPS) is 12.1. The zero-order valence-corrected chi connectivity index (χ0v) is 18.1. The van der Waals surface area contributed by atoms with Crippen molar-refractivity contribution in [2.24, 2.45) is 17.2 Å². The first-order valence-corrected chi connectivity index (χ1v) is 10.6. The summed E-state index contributed by atoms with van der Waals surface area (Å²) in [7, 11) is -2.00. The van der Waals surface area contributed by atoms with Gasteiger partial charge in [0.2, 0.25) is 10.0 Å². The van der Waals surface area contributed by atoms with E-state index < -0.39 is 10.0 Å². The summed E-state index contributed by atoms with van der Waals surface area (Å²) in [5.41, 5.74) is 4.77. The minimum Gasteiger partial charge on any atom is -0.320 e. The number of aryl methyl sites for hydroxylation is 1. The second kappa shape index (κ2) is 8.16. The molecule has 9 heteroatoms. The zero-order chi connectivity index (χ0) is 19.1. The number of hydrogen-bond donors (Lipinski definition) is 1. The molecule has 1 aromatic heterocycles. The maximum absolute atomic E-state index is 11.7. The van der Waals surface area contributed by atoms with E-state index in [1.807, 2.05) is 36.1 Å². The Morgan fingerprint density at radius 2 is 1.89 bits per heavy atom. The number of rotatable bonds is 3. The van der Waals surface area contributed by atoms with Crippen LogP contribution in [0.4, 0.5) is 5.69 Å². The second-order valence-corrected chi connectivity index (χ2v) is 8.76. The fourth-order valence-electron chi connectivity index (χ4n) is 2.57. The summed E-state index contributed by atoms with van der Waals surface area (Å²) in [6, 6.07) is 10.8. The number of hydrogen-bond acceptors (Lipinski definition) is 4. The van der Waals surface area contributed by atoms with E-state index in [2.05, 4.69) is 13.0 Å². The van der Waals surface area contributed by atoms with Gasteiger partial charge in [-0.05, 0) is 43.2 Å². The van der Waals surface area contributed by atoms with Gasteiger partial charge >= 0.3 is 0 Å². The van der Waals surface area contributed by atoms with Crippen molar-refractivity contribution in [3.8, 4) is 11.3 Å². The van der Waals surface area contributed by atoms with Crippen molar-refractivity contribution in [1.29, 1.82) is 0 Å². The molecule has 5 nitrogen and oxygen atoms in total. The number of thiazole rings is 1. The fraction of sp³-hybridized carbons (Fsp3) is 0.167. The lowest BCUT2D eigenvalue weighted by Gasteiger charge is -2.07. The third kappa shape index (κ3) is 4.44. The number of benzene rings is 2. The monoisotopic (exact) mass is 443 g/mol. The van der Waals surface area contributed by atoms with Gasteiger partial charge in [-0.25, -0.2) is 18.5 Å². The lowest BCUT2D eigenvalue weighted by Crippen LogP contribution is -2.14. The molecule has 3 rings (SSSR count). The Morgan fingerprint density at radius 3 is 2.56 bits per heavy atom. The van der Waals surface area contributed by atoms with E-state index in [0.717, 1.165) is 21.7 Å². The van der Waals surface area contributed by atoms with Crippen LogP contribution in [0.5, 0.6) is 0 Å². The van der Waals surface area contributed by atoms with Crippen LogP contribution >= 0.6 is 35.3 Å². The van der Waals surface area contributed by atoms with Gasteiger partial charge < -0.3 is 4.57 Å². The molecule has 0 radical (unpaired) electrons. The number of nitrogens with two attached hydrogens (primary N) is 1. The van der Waals surface area contributed by atoms with Crippen molar-refractivity contribution < 1.29 is 8.42 Å². The maximum Gasteiger partial charge on any atom is 0.239 e. The molecular weight excluding hydrogens is 425 g/mol. The van der Waals surface area contributed by atoms with Crippen LogP contribution in [-0.2, 0) is 17.1 Å². The van der Waals surface area contributed by atoms with E-state index in [9.17, 15) is 8.42 Å². The van der Waals surface area contributed by atoms with Crippen molar-refractivity contribution in [2.45, 2.75) is 18.7 Å². The summed E-state index contributed by atoms with van der Waals surface area (Å²) in [5.74, 6) is 0. The molecule has 0 bridgehead atoms. The highest BCUT2D eigenvalue weighted by atomic mass is 35.5. The van der Waals surface area contributed by atoms with Gasteiger partial charge in [-0.2, -0.15) is 0 Å². The molecule has 0 spiro atoms. The predicted octanol–water partition coefficient (Wildman–Crippen LogP) is 4.33. The van der Waals surface area contributed by atoms with Crippen LogP contribution < -0.4 is 9.94 Å². The lowest BCUT2D eigenvalue weighted by atomic mass is 10.1. The van der Waals surface area contributed by atoms with E-state index in [4.69, 9.17) is 21.7 Å². The Balaban J connectivity index is 0.00000261. The molecule has 0 saturated heterocycles. The molecule has 0 unspecified atom stereocenters. The van der Waals surface area contributed by atoms with Crippen LogP contribution in [0.1, 0.15) is 11.1 Å². The molecule has 2 aromatic carbocycles. The minimum absolute atomic E-state index is 0. The molecule has 0 atom stereocenters. The molecule has 0 saturated carbocycles. The van der Waals surface area contributed by atoms with Gasteiger partial charge in [0.15, 0.2) is 4.80 Å². The third-order valence-corrected chi connectivity index (χ3v) is 6.56. The number of nitrogens with zero attached hydrogens (tertiary/aromatic N) is 2. The van der Waals surface area contributed by atoms with Gasteiger partial charge in [0, 0.05) is 18.0 Å². The first kappa shape index (κ1) is 21.7. The molecule has 2 N–H and O–H groups in total. The van der Waals surface area contributed by atoms with Crippen molar-refractivity contribution >= 4 is 51.1 Å². The van der Waals surface area contributed by atoms with Crippen LogP contribution in [0.15, 0.2) is 51.7 Å². The van der Waals surface area contributed by atoms with E-state index in [0.29, 0.717) is 5.56 Å². The van der Waals surface area contributed by atoms with Crippen LogP contribution in [0, 0.1) is 13.8 Å². The summed E-state index contributed by atoms with van der Waals surface area (Å²) in [5, 5.41) is 7.28. The Kier molecular flexibility index (Phi) is 6.55. The number of halogens is 2. The van der Waals surface area contributed by atoms with Crippen molar-refractivity contribution in [2.75, 3.05) is 0 Å². The van der Waals surface area contributed by atoms with E-state index in [1.54, 1.807) is 6.07 Å². The molecule has 0 fully saturated rings. The topological polar surface area (TPSA) is 77.4 Å². The average molecular weight is 444 g/mol. The van der Waals surface area contributed by atoms with Crippen molar-refractivity contribution in [1.82, 2.24) is 4.57 Å². The maximum atomic E-state index is 11.7. The molecule has 0 aliphatic heterocycles. The minimum atomic E-state index is -3.89. The highest BCUT2D eigenvalue weighted by molar-refractivity contribution is 7.89. The fourth-order valence-corrected chi connectivity index (χ4v) is 4.56. The van der Waals surface area contributed by atoms with E-state index >= 15 is 0 Å². The number of aromatic nitrogens is 1. The van der Waals surface area contributed by atoms with Gasteiger partial charge in [-0.3, -0.25) is 0 Å². The second-order valence-electron chi connectivity index (χ2n) is 5.98. The Labute approximate surface area is 173 Å². The quantitative estimate of drug-likeness (QED) is 0.653. The Bertz CT molecular complexity index is 1170. The SMILES string of the molecule is Cc1cccc(N=c2scc(-c3ccc(Cl)c(S(N)(=O)=O)c3)n2C)c1C.Cl. The van der Waals surface area contributed by atoms with Gasteiger partial charge in [0.05, 0.1) is 16.4 Å². The molecular formula is C18H19Cl2N3O2S2. The summed E-state index contributed by atoms with van der Waals surface area (Å²) in [6.45, 7) is 4.09. The van der Waals surface area contributed by atoms with Gasteiger partial charge in [0.25, 0.3) is 0 Å². The average Bonchev–Trinajstić information content (AvgIpc) is 2.92. The first-order valence-electron chi connectivity index (χ1n) is 7.76. The van der Waals surface area contributed by atoms with Gasteiger partial charge in [-0.1, -0.05) is 29.8 Å². The number of sulfonamides is 1. The van der Waals surface area contributed by atoms with Gasteiger partial charge in [0.1, 0.15) is 4.90 Å². The summed E-state index contributed by atoms with van der Waals surface area (Å²) < 4.78 is 25.3. The van der Waals surface area contributed by atoms with Crippen LogP contribution in [0.25, 0.3) is 11.3 Å². The van der Waals surface area contributed by atoms with E-state index in [-0.39, 0.29) is 22.3 Å². The van der Waals surface area contributed by atoms with Crippen molar-refractivity contribution in [3.63, 3.8) is 0 Å². The first-order chi connectivity index (χ1) is 12.2. The summed E-state index contributed by atoms with van der Waals surface area (Å²) in [4.78, 5) is 5.47. The molecule has 0 aliphatic carbocycles. The van der Waals surface area contributed by atoms with Crippen molar-refractivity contribution in [3.05, 3.63) is 62.7 Å². The molecule has 1 heterocycles. The smallest absolute Gasteiger partial charge is 0.239 e. The molecule has 0 aliphatic rings. The zero-order valence-electron chi connectivity index (χ0n) is 14.9. The molecule has 27 heavy (non-hydrogen) atoms. The molecule has 3 aromatic rings. The van der Waals surface area contributed by atoms with Gasteiger partial charge in [-0.15, -0.1) is 23.7 Å². The lowest BCUT2D eigenvalue weighted by molar-refractivity contribution is 0.598. The summed E-state index contributed by atoms with van der Waals surface area (Å²) in [6.07, 6.45) is 0. The van der Waals surface area contributed by atoms with Crippen LogP contribution in [0.3, 0.4) is 0 Å². The Hall–Kier alpha value is -1.64. The predicted molar refractivity (Wildman–Crippen MR) is 113 cm³/mol. The highest BCUT2D eigenvalue weighted by Crippen LogP contribution is 2.28. The molecule has 0 amide bonds.